The zero-order chi connectivity index (χ0) is 14.5. The summed E-state index contributed by atoms with van der Waals surface area (Å²) in [6.07, 6.45) is 0. The van der Waals surface area contributed by atoms with Gasteiger partial charge in [0, 0.05) is 35.9 Å². The van der Waals surface area contributed by atoms with Gasteiger partial charge in [0.25, 0.3) is 0 Å². The highest BCUT2D eigenvalue weighted by molar-refractivity contribution is 6.31. The first-order valence-electron chi connectivity index (χ1n) is 6.49. The van der Waals surface area contributed by atoms with Crippen molar-refractivity contribution in [1.82, 2.24) is 5.32 Å². The van der Waals surface area contributed by atoms with Crippen LogP contribution in [0.3, 0.4) is 0 Å². The molecule has 2 nitrogen and oxygen atoms in total. The molecule has 0 aliphatic rings. The molecule has 0 atom stereocenters. The lowest BCUT2D eigenvalue weighted by atomic mass is 10.1. The summed E-state index contributed by atoms with van der Waals surface area (Å²) >= 11 is 12.2. The molecule has 0 unspecified atom stereocenters. The van der Waals surface area contributed by atoms with Crippen LogP contribution >= 0.6 is 23.2 Å². The van der Waals surface area contributed by atoms with Crippen molar-refractivity contribution >= 4 is 28.9 Å². The van der Waals surface area contributed by atoms with Crippen LogP contribution in [0.4, 0.5) is 5.69 Å². The van der Waals surface area contributed by atoms with Crippen LogP contribution in [-0.2, 0) is 13.1 Å². The zero-order valence-electron chi connectivity index (χ0n) is 11.7. The highest BCUT2D eigenvalue weighted by Crippen LogP contribution is 2.25. The van der Waals surface area contributed by atoms with Gasteiger partial charge in [-0.1, -0.05) is 41.4 Å². The van der Waals surface area contributed by atoms with Crippen molar-refractivity contribution in [3.05, 3.63) is 63.6 Å². The maximum atomic E-state index is 6.12. The van der Waals surface area contributed by atoms with Crippen molar-refractivity contribution in [3.8, 4) is 0 Å². The molecular formula is C16H18Cl2N2. The van der Waals surface area contributed by atoms with Crippen molar-refractivity contribution in [2.45, 2.75) is 13.1 Å². The minimum atomic E-state index is 0.748. The van der Waals surface area contributed by atoms with Crippen LogP contribution in [0.25, 0.3) is 0 Å². The van der Waals surface area contributed by atoms with Gasteiger partial charge in [0.1, 0.15) is 0 Å². The molecule has 20 heavy (non-hydrogen) atoms. The molecule has 1 N–H and O–H groups in total. The zero-order valence-corrected chi connectivity index (χ0v) is 13.2. The maximum Gasteiger partial charge on any atom is 0.0427 e. The number of hydrogen-bond acceptors (Lipinski definition) is 2. The van der Waals surface area contributed by atoms with Crippen LogP contribution in [0.5, 0.6) is 0 Å². The SMILES string of the molecule is CNCc1ccc(Cl)cc1N(C)Cc1cccc(Cl)c1. The summed E-state index contributed by atoms with van der Waals surface area (Å²) in [4.78, 5) is 2.18. The van der Waals surface area contributed by atoms with E-state index in [2.05, 4.69) is 29.4 Å². The molecule has 0 radical (unpaired) electrons. The number of halogens is 2. The van der Waals surface area contributed by atoms with E-state index in [4.69, 9.17) is 23.2 Å². The molecule has 0 saturated heterocycles. The fourth-order valence-corrected chi connectivity index (χ4v) is 2.61. The quantitative estimate of drug-likeness (QED) is 0.883. The second-order valence-electron chi connectivity index (χ2n) is 4.79. The first kappa shape index (κ1) is 15.2. The van der Waals surface area contributed by atoms with Crippen molar-refractivity contribution in [3.63, 3.8) is 0 Å². The third-order valence-corrected chi connectivity index (χ3v) is 3.60. The summed E-state index contributed by atoms with van der Waals surface area (Å²) in [6.45, 7) is 1.60. The van der Waals surface area contributed by atoms with E-state index in [1.54, 1.807) is 0 Å². The van der Waals surface area contributed by atoms with Crippen LogP contribution in [0.2, 0.25) is 10.0 Å². The van der Waals surface area contributed by atoms with Crippen LogP contribution in [0.15, 0.2) is 42.5 Å². The standard InChI is InChI=1S/C16H18Cl2N2/c1-19-10-13-6-7-15(18)9-16(13)20(2)11-12-4-3-5-14(17)8-12/h3-9,19H,10-11H2,1-2H3. The Bertz CT molecular complexity index is 584. The van der Waals surface area contributed by atoms with Crippen LogP contribution in [0, 0.1) is 0 Å². The first-order chi connectivity index (χ1) is 9.60. The van der Waals surface area contributed by atoms with E-state index in [0.717, 1.165) is 28.8 Å². The smallest absolute Gasteiger partial charge is 0.0427 e. The Kier molecular flexibility index (Phi) is 5.30. The monoisotopic (exact) mass is 308 g/mol. The molecule has 2 aromatic carbocycles. The molecule has 0 aromatic heterocycles. The average Bonchev–Trinajstić information content (AvgIpc) is 2.41. The Labute approximate surface area is 130 Å². The van der Waals surface area contributed by atoms with Crippen LogP contribution in [-0.4, -0.2) is 14.1 Å². The second kappa shape index (κ2) is 6.98. The first-order valence-corrected chi connectivity index (χ1v) is 7.24. The van der Waals surface area contributed by atoms with Gasteiger partial charge in [-0.2, -0.15) is 0 Å². The normalized spacial score (nSPS) is 10.6. The lowest BCUT2D eigenvalue weighted by Crippen LogP contribution is -2.19. The average molecular weight is 309 g/mol. The lowest BCUT2D eigenvalue weighted by molar-refractivity contribution is 0.805. The molecule has 4 heteroatoms. The topological polar surface area (TPSA) is 15.3 Å². The van der Waals surface area contributed by atoms with Gasteiger partial charge in [-0.15, -0.1) is 0 Å². The second-order valence-corrected chi connectivity index (χ2v) is 5.66. The van der Waals surface area contributed by atoms with E-state index < -0.39 is 0 Å². The Balaban J connectivity index is 2.23. The van der Waals surface area contributed by atoms with Gasteiger partial charge < -0.3 is 10.2 Å². The fourth-order valence-electron chi connectivity index (χ4n) is 2.23. The van der Waals surface area contributed by atoms with E-state index in [1.165, 1.54) is 11.1 Å². The molecule has 0 fully saturated rings. The Morgan fingerprint density at radius 2 is 1.80 bits per heavy atom. The van der Waals surface area contributed by atoms with Crippen molar-refractivity contribution in [1.29, 1.82) is 0 Å². The van der Waals surface area contributed by atoms with Crippen LogP contribution < -0.4 is 10.2 Å². The van der Waals surface area contributed by atoms with Crippen molar-refractivity contribution < 1.29 is 0 Å². The fraction of sp³-hybridized carbons (Fsp3) is 0.250. The largest absolute Gasteiger partial charge is 0.370 e. The Hall–Kier alpha value is -1.22. The number of hydrogen-bond donors (Lipinski definition) is 1. The van der Waals surface area contributed by atoms with Crippen molar-refractivity contribution in [2.75, 3.05) is 19.0 Å². The summed E-state index contributed by atoms with van der Waals surface area (Å²) in [7, 11) is 4.00. The molecule has 0 heterocycles. The molecule has 0 spiro atoms. The van der Waals surface area contributed by atoms with E-state index in [0.29, 0.717) is 0 Å². The predicted octanol–water partition coefficient (Wildman–Crippen LogP) is 4.35. The third-order valence-electron chi connectivity index (χ3n) is 3.13. The minimum absolute atomic E-state index is 0.748. The molecule has 2 rings (SSSR count). The van der Waals surface area contributed by atoms with Gasteiger partial charge in [-0.25, -0.2) is 0 Å². The minimum Gasteiger partial charge on any atom is -0.370 e. The Morgan fingerprint density at radius 1 is 1.05 bits per heavy atom. The molecule has 0 aliphatic heterocycles. The highest BCUT2D eigenvalue weighted by Gasteiger charge is 2.09. The predicted molar refractivity (Wildman–Crippen MR) is 87.8 cm³/mol. The van der Waals surface area contributed by atoms with E-state index in [-0.39, 0.29) is 0 Å². The summed E-state index contributed by atoms with van der Waals surface area (Å²) in [5, 5.41) is 4.69. The van der Waals surface area contributed by atoms with Crippen LogP contribution in [0.1, 0.15) is 11.1 Å². The number of benzene rings is 2. The van der Waals surface area contributed by atoms with Gasteiger partial charge in [0.2, 0.25) is 0 Å². The molecule has 0 amide bonds. The molecule has 2 aromatic rings. The maximum absolute atomic E-state index is 6.12. The van der Waals surface area contributed by atoms with Crippen molar-refractivity contribution in [2.24, 2.45) is 0 Å². The summed E-state index contributed by atoms with van der Waals surface area (Å²) in [5.74, 6) is 0. The van der Waals surface area contributed by atoms with Gasteiger partial charge in [0.15, 0.2) is 0 Å². The summed E-state index contributed by atoms with van der Waals surface area (Å²) < 4.78 is 0. The van der Waals surface area contributed by atoms with Gasteiger partial charge >= 0.3 is 0 Å². The molecule has 0 aliphatic carbocycles. The highest BCUT2D eigenvalue weighted by atomic mass is 35.5. The Morgan fingerprint density at radius 3 is 2.50 bits per heavy atom. The molecule has 0 bridgehead atoms. The number of rotatable bonds is 5. The summed E-state index contributed by atoms with van der Waals surface area (Å²) in [6, 6.07) is 13.9. The third kappa shape index (κ3) is 3.89. The molecule has 106 valence electrons. The van der Waals surface area contributed by atoms with Gasteiger partial charge in [-0.05, 0) is 42.4 Å². The van der Waals surface area contributed by atoms with E-state index >= 15 is 0 Å². The molecule has 0 saturated carbocycles. The molecular weight excluding hydrogens is 291 g/mol. The number of anilines is 1. The number of nitrogens with one attached hydrogen (secondary N) is 1. The number of nitrogens with zero attached hydrogens (tertiary/aromatic N) is 1. The van der Waals surface area contributed by atoms with Gasteiger partial charge in [0.05, 0.1) is 0 Å². The van der Waals surface area contributed by atoms with E-state index in [1.807, 2.05) is 37.4 Å². The van der Waals surface area contributed by atoms with E-state index in [9.17, 15) is 0 Å². The lowest BCUT2D eigenvalue weighted by Gasteiger charge is -2.23. The van der Waals surface area contributed by atoms with Gasteiger partial charge in [-0.3, -0.25) is 0 Å². The summed E-state index contributed by atoms with van der Waals surface area (Å²) in [5.41, 5.74) is 3.53.